The molecule has 0 aliphatic carbocycles. The summed E-state index contributed by atoms with van der Waals surface area (Å²) in [5.74, 6) is 0.00724. The molecule has 2 aromatic rings. The summed E-state index contributed by atoms with van der Waals surface area (Å²) >= 11 is 0. The Morgan fingerprint density at radius 2 is 1.90 bits per heavy atom. The summed E-state index contributed by atoms with van der Waals surface area (Å²) in [5, 5.41) is 0. The molecule has 0 spiro atoms. The molecule has 29 heavy (non-hydrogen) atoms. The van der Waals surface area contributed by atoms with E-state index in [1.807, 2.05) is 35.2 Å². The number of hydrogen-bond acceptors (Lipinski definition) is 4. The van der Waals surface area contributed by atoms with Gasteiger partial charge in [0.25, 0.3) is 5.91 Å². The molecule has 0 saturated carbocycles. The average molecular weight is 396 g/mol. The number of carbonyl (C=O) groups is 1. The van der Waals surface area contributed by atoms with Crippen molar-refractivity contribution in [3.8, 4) is 5.75 Å². The SMILES string of the molecule is CC1CCCCN1C1CN(C(=O)c2c(OCc3ccccc3)c(=O)ccn2C)C1. The minimum Gasteiger partial charge on any atom is -0.483 e. The van der Waals surface area contributed by atoms with Crippen LogP contribution in [0.15, 0.2) is 47.4 Å². The first kappa shape index (κ1) is 19.7. The maximum atomic E-state index is 13.2. The lowest BCUT2D eigenvalue weighted by molar-refractivity contribution is 0.00132. The van der Waals surface area contributed by atoms with Gasteiger partial charge in [0.2, 0.25) is 5.43 Å². The van der Waals surface area contributed by atoms with Gasteiger partial charge in [-0.05, 0) is 31.9 Å². The number of hydrogen-bond donors (Lipinski definition) is 0. The molecule has 2 aliphatic heterocycles. The highest BCUT2D eigenvalue weighted by molar-refractivity contribution is 5.95. The summed E-state index contributed by atoms with van der Waals surface area (Å²) in [7, 11) is 1.78. The Bertz CT molecular complexity index is 919. The molecule has 6 nitrogen and oxygen atoms in total. The van der Waals surface area contributed by atoms with Gasteiger partial charge < -0.3 is 14.2 Å². The predicted octanol–water partition coefficient (Wildman–Crippen LogP) is 2.66. The predicted molar refractivity (Wildman–Crippen MR) is 112 cm³/mol. The Hall–Kier alpha value is -2.60. The number of rotatable bonds is 5. The topological polar surface area (TPSA) is 54.8 Å². The van der Waals surface area contributed by atoms with Crippen molar-refractivity contribution in [2.45, 2.75) is 44.9 Å². The van der Waals surface area contributed by atoms with Crippen molar-refractivity contribution >= 4 is 5.91 Å². The Kier molecular flexibility index (Phi) is 5.72. The second-order valence-corrected chi connectivity index (χ2v) is 8.19. The molecule has 4 rings (SSSR count). The quantitative estimate of drug-likeness (QED) is 0.781. The molecule has 0 radical (unpaired) electrons. The zero-order valence-electron chi connectivity index (χ0n) is 17.2. The zero-order valence-corrected chi connectivity index (χ0v) is 17.2. The van der Waals surface area contributed by atoms with E-state index < -0.39 is 0 Å². The van der Waals surface area contributed by atoms with Gasteiger partial charge in [0.15, 0.2) is 11.4 Å². The van der Waals surface area contributed by atoms with Gasteiger partial charge in [0.1, 0.15) is 6.61 Å². The van der Waals surface area contributed by atoms with Crippen LogP contribution in [0, 0.1) is 0 Å². The first-order valence-corrected chi connectivity index (χ1v) is 10.5. The van der Waals surface area contributed by atoms with Crippen molar-refractivity contribution in [2.24, 2.45) is 7.05 Å². The third-order valence-corrected chi connectivity index (χ3v) is 6.14. The first-order chi connectivity index (χ1) is 14.0. The van der Waals surface area contributed by atoms with Crippen molar-refractivity contribution in [2.75, 3.05) is 19.6 Å². The first-order valence-electron chi connectivity index (χ1n) is 10.5. The molecule has 2 saturated heterocycles. The highest BCUT2D eigenvalue weighted by atomic mass is 16.5. The van der Waals surface area contributed by atoms with Crippen LogP contribution >= 0.6 is 0 Å². The van der Waals surface area contributed by atoms with Crippen LogP contribution in [0.25, 0.3) is 0 Å². The Morgan fingerprint density at radius 1 is 1.14 bits per heavy atom. The average Bonchev–Trinajstić information content (AvgIpc) is 2.69. The highest BCUT2D eigenvalue weighted by Crippen LogP contribution is 2.27. The number of amides is 1. The minimum absolute atomic E-state index is 0.130. The van der Waals surface area contributed by atoms with Gasteiger partial charge in [0, 0.05) is 44.5 Å². The second-order valence-electron chi connectivity index (χ2n) is 8.19. The highest BCUT2D eigenvalue weighted by Gasteiger charge is 2.39. The van der Waals surface area contributed by atoms with E-state index in [9.17, 15) is 9.59 Å². The number of ether oxygens (including phenoxy) is 1. The van der Waals surface area contributed by atoms with Gasteiger partial charge >= 0.3 is 0 Å². The molecule has 1 atom stereocenters. The van der Waals surface area contributed by atoms with Crippen molar-refractivity contribution in [1.82, 2.24) is 14.4 Å². The maximum absolute atomic E-state index is 13.2. The maximum Gasteiger partial charge on any atom is 0.274 e. The van der Waals surface area contributed by atoms with E-state index in [1.54, 1.807) is 17.8 Å². The molecule has 1 amide bonds. The lowest BCUT2D eigenvalue weighted by Gasteiger charge is -2.49. The number of piperidine rings is 1. The van der Waals surface area contributed by atoms with E-state index in [2.05, 4.69) is 11.8 Å². The summed E-state index contributed by atoms with van der Waals surface area (Å²) in [6.07, 6.45) is 5.39. The summed E-state index contributed by atoms with van der Waals surface area (Å²) in [6.45, 7) is 5.08. The van der Waals surface area contributed by atoms with Crippen molar-refractivity contribution < 1.29 is 9.53 Å². The Balaban J connectivity index is 1.48. The molecule has 2 fully saturated rings. The molecule has 0 bridgehead atoms. The van der Waals surface area contributed by atoms with E-state index in [4.69, 9.17) is 4.74 Å². The van der Waals surface area contributed by atoms with Gasteiger partial charge in [-0.25, -0.2) is 0 Å². The van der Waals surface area contributed by atoms with E-state index in [-0.39, 0.29) is 23.7 Å². The van der Waals surface area contributed by atoms with Gasteiger partial charge in [0.05, 0.1) is 0 Å². The van der Waals surface area contributed by atoms with Crippen LogP contribution in [-0.2, 0) is 13.7 Å². The fourth-order valence-electron chi connectivity index (χ4n) is 4.37. The fraction of sp³-hybridized carbons (Fsp3) is 0.478. The third-order valence-electron chi connectivity index (χ3n) is 6.14. The van der Waals surface area contributed by atoms with Crippen molar-refractivity contribution in [1.29, 1.82) is 0 Å². The molecular formula is C23H29N3O3. The number of pyridine rings is 1. The van der Waals surface area contributed by atoms with Gasteiger partial charge in [-0.15, -0.1) is 0 Å². The molecule has 6 heteroatoms. The minimum atomic E-state index is -0.260. The van der Waals surface area contributed by atoms with Crippen LogP contribution in [0.2, 0.25) is 0 Å². The van der Waals surface area contributed by atoms with Crippen molar-refractivity contribution in [3.63, 3.8) is 0 Å². The van der Waals surface area contributed by atoms with Gasteiger partial charge in [-0.1, -0.05) is 36.8 Å². The molecule has 154 valence electrons. The fourth-order valence-corrected chi connectivity index (χ4v) is 4.37. The lowest BCUT2D eigenvalue weighted by atomic mass is 9.97. The molecule has 0 N–H and O–H groups in total. The summed E-state index contributed by atoms with van der Waals surface area (Å²) < 4.78 is 7.54. The second kappa shape index (κ2) is 8.41. The third kappa shape index (κ3) is 4.08. The lowest BCUT2D eigenvalue weighted by Crippen LogP contribution is -2.63. The molecule has 2 aliphatic rings. The number of nitrogens with zero attached hydrogens (tertiary/aromatic N) is 3. The smallest absolute Gasteiger partial charge is 0.274 e. The van der Waals surface area contributed by atoms with Crippen molar-refractivity contribution in [3.05, 3.63) is 64.1 Å². The standard InChI is InChI=1S/C23H29N3O3/c1-17-8-6-7-12-26(17)19-14-25(15-19)23(28)21-22(20(27)11-13-24(21)2)29-16-18-9-4-3-5-10-18/h3-5,9-11,13,17,19H,6-8,12,14-16H2,1-2H3. The zero-order chi connectivity index (χ0) is 20.4. The van der Waals surface area contributed by atoms with Gasteiger partial charge in [-0.2, -0.15) is 0 Å². The summed E-state index contributed by atoms with van der Waals surface area (Å²) in [6, 6.07) is 12.1. The van der Waals surface area contributed by atoms with Crippen LogP contribution in [-0.4, -0.2) is 52.0 Å². The van der Waals surface area contributed by atoms with E-state index in [0.717, 1.165) is 12.1 Å². The van der Waals surface area contributed by atoms with Crippen LogP contribution in [0.1, 0.15) is 42.2 Å². The molecule has 3 heterocycles. The number of likely N-dealkylation sites (tertiary alicyclic amines) is 2. The molecule has 1 unspecified atom stereocenters. The van der Waals surface area contributed by atoms with Gasteiger partial charge in [-0.3, -0.25) is 14.5 Å². The largest absolute Gasteiger partial charge is 0.483 e. The van der Waals surface area contributed by atoms with Crippen LogP contribution in [0.4, 0.5) is 0 Å². The molecule has 1 aromatic heterocycles. The summed E-state index contributed by atoms with van der Waals surface area (Å²) in [5.41, 5.74) is 1.03. The number of carbonyl (C=O) groups excluding carboxylic acids is 1. The number of aryl methyl sites for hydroxylation is 1. The van der Waals surface area contributed by atoms with E-state index in [1.165, 1.54) is 25.3 Å². The number of benzene rings is 1. The Labute approximate surface area is 171 Å². The van der Waals surface area contributed by atoms with Crippen LogP contribution in [0.3, 0.4) is 0 Å². The number of aromatic nitrogens is 1. The summed E-state index contributed by atoms with van der Waals surface area (Å²) in [4.78, 5) is 30.1. The van der Waals surface area contributed by atoms with E-state index in [0.29, 0.717) is 30.9 Å². The molecule has 1 aromatic carbocycles. The van der Waals surface area contributed by atoms with Crippen LogP contribution in [0.5, 0.6) is 5.75 Å². The van der Waals surface area contributed by atoms with Crippen LogP contribution < -0.4 is 10.2 Å². The Morgan fingerprint density at radius 3 is 2.62 bits per heavy atom. The monoisotopic (exact) mass is 395 g/mol. The normalized spacial score (nSPS) is 20.3. The molecular weight excluding hydrogens is 366 g/mol. The van der Waals surface area contributed by atoms with E-state index >= 15 is 0 Å².